The zero-order valence-corrected chi connectivity index (χ0v) is 16.0. The highest BCUT2D eigenvalue weighted by atomic mass is 16.5. The van der Waals surface area contributed by atoms with Crippen LogP contribution in [-0.2, 0) is 14.3 Å². The third-order valence-electron chi connectivity index (χ3n) is 3.48. The average Bonchev–Trinajstić information content (AvgIpc) is 2.57. The number of hydrogen-bond acceptors (Lipinski definition) is 5. The van der Waals surface area contributed by atoms with Crippen molar-refractivity contribution in [1.82, 2.24) is 0 Å². The number of ether oxygens (including phenoxy) is 3. The highest BCUT2D eigenvalue weighted by Gasteiger charge is 2.06. The summed E-state index contributed by atoms with van der Waals surface area (Å²) in [6.45, 7) is 10.7. The first kappa shape index (κ1) is 21.5. The smallest absolute Gasteiger partial charge is 0.160 e. The van der Waals surface area contributed by atoms with E-state index in [0.717, 1.165) is 24.3 Å². The van der Waals surface area contributed by atoms with Crippen LogP contribution in [0.3, 0.4) is 0 Å². The molecule has 0 unspecified atom stereocenters. The van der Waals surface area contributed by atoms with Gasteiger partial charge < -0.3 is 19.5 Å². The van der Waals surface area contributed by atoms with E-state index in [1.165, 1.54) is 0 Å². The fraction of sp³-hybridized carbons (Fsp3) is 0.650. The van der Waals surface area contributed by atoms with E-state index in [9.17, 15) is 4.79 Å². The van der Waals surface area contributed by atoms with E-state index in [2.05, 4.69) is 19.2 Å². The van der Waals surface area contributed by atoms with Crippen molar-refractivity contribution in [2.75, 3.05) is 38.4 Å². The van der Waals surface area contributed by atoms with Gasteiger partial charge in [-0.25, -0.2) is 0 Å². The van der Waals surface area contributed by atoms with Gasteiger partial charge in [-0.05, 0) is 44.5 Å². The molecule has 0 fully saturated rings. The number of ketones is 1. The zero-order valence-electron chi connectivity index (χ0n) is 16.0. The molecule has 25 heavy (non-hydrogen) atoms. The van der Waals surface area contributed by atoms with Crippen LogP contribution in [0.15, 0.2) is 24.3 Å². The molecule has 0 bridgehead atoms. The lowest BCUT2D eigenvalue weighted by atomic mass is 10.1. The van der Waals surface area contributed by atoms with E-state index < -0.39 is 0 Å². The third kappa shape index (κ3) is 10.8. The Bertz CT molecular complexity index is 471. The maximum absolute atomic E-state index is 11.4. The second-order valence-corrected chi connectivity index (χ2v) is 6.66. The summed E-state index contributed by atoms with van der Waals surface area (Å²) >= 11 is 0. The first-order valence-corrected chi connectivity index (χ1v) is 9.16. The highest BCUT2D eigenvalue weighted by Crippen LogP contribution is 2.16. The Morgan fingerprint density at radius 3 is 2.12 bits per heavy atom. The van der Waals surface area contributed by atoms with Gasteiger partial charge in [0.25, 0.3) is 0 Å². The molecule has 0 spiro atoms. The van der Waals surface area contributed by atoms with Crippen molar-refractivity contribution in [2.24, 2.45) is 5.92 Å². The van der Waals surface area contributed by atoms with Gasteiger partial charge in [0.2, 0.25) is 0 Å². The number of benzene rings is 1. The fourth-order valence-electron chi connectivity index (χ4n) is 2.04. The van der Waals surface area contributed by atoms with Crippen LogP contribution >= 0.6 is 0 Å². The molecule has 0 aliphatic carbocycles. The summed E-state index contributed by atoms with van der Waals surface area (Å²) in [4.78, 5) is 11.4. The van der Waals surface area contributed by atoms with E-state index in [1.54, 1.807) is 0 Å². The molecule has 5 nitrogen and oxygen atoms in total. The molecule has 0 radical (unpaired) electrons. The fourth-order valence-corrected chi connectivity index (χ4v) is 2.04. The Morgan fingerprint density at radius 1 is 0.920 bits per heavy atom. The first-order valence-electron chi connectivity index (χ1n) is 9.16. The lowest BCUT2D eigenvalue weighted by molar-refractivity contribution is -0.126. The predicted octanol–water partition coefficient (Wildman–Crippen LogP) is 3.92. The van der Waals surface area contributed by atoms with Gasteiger partial charge in [-0.2, -0.15) is 0 Å². The number of nitrogens with one attached hydrogen (secondary N) is 1. The van der Waals surface area contributed by atoms with Crippen molar-refractivity contribution in [3.63, 3.8) is 0 Å². The minimum Gasteiger partial charge on any atom is -0.494 e. The van der Waals surface area contributed by atoms with Crippen molar-refractivity contribution in [3.8, 4) is 5.75 Å². The second-order valence-electron chi connectivity index (χ2n) is 6.66. The minimum absolute atomic E-state index is 0.0407. The standard InChI is InChI=1S/C20H33NO4/c1-16(2)20(22)15-24-13-5-11-23-12-6-14-25-19-9-7-18(8-10-19)21-17(3)4/h7-10,16-17,21H,5-6,11-15H2,1-4H3. The molecule has 0 saturated carbocycles. The predicted molar refractivity (Wildman–Crippen MR) is 101 cm³/mol. The van der Waals surface area contributed by atoms with Gasteiger partial charge in [0.1, 0.15) is 12.4 Å². The van der Waals surface area contributed by atoms with Gasteiger partial charge >= 0.3 is 0 Å². The summed E-state index contributed by atoms with van der Waals surface area (Å²) in [5.74, 6) is 1.06. The molecule has 142 valence electrons. The number of carbonyl (C=O) groups excluding carboxylic acids is 1. The monoisotopic (exact) mass is 351 g/mol. The van der Waals surface area contributed by atoms with E-state index >= 15 is 0 Å². The van der Waals surface area contributed by atoms with Crippen LogP contribution < -0.4 is 10.1 Å². The molecule has 0 aromatic heterocycles. The highest BCUT2D eigenvalue weighted by molar-refractivity contribution is 5.81. The topological polar surface area (TPSA) is 56.8 Å². The minimum atomic E-state index is 0.0407. The zero-order chi connectivity index (χ0) is 18.5. The number of hydrogen-bond donors (Lipinski definition) is 1. The Balaban J connectivity index is 1.96. The Kier molecular flexibility index (Phi) is 10.9. The third-order valence-corrected chi connectivity index (χ3v) is 3.48. The van der Waals surface area contributed by atoms with E-state index in [4.69, 9.17) is 14.2 Å². The van der Waals surface area contributed by atoms with Crippen molar-refractivity contribution in [2.45, 2.75) is 46.6 Å². The van der Waals surface area contributed by atoms with Gasteiger partial charge in [0, 0.05) is 43.9 Å². The summed E-state index contributed by atoms with van der Waals surface area (Å²) in [7, 11) is 0. The number of carbonyl (C=O) groups is 1. The van der Waals surface area contributed by atoms with Crippen LogP contribution in [-0.4, -0.2) is 44.9 Å². The van der Waals surface area contributed by atoms with Gasteiger partial charge in [0.05, 0.1) is 6.61 Å². The summed E-state index contributed by atoms with van der Waals surface area (Å²) in [6, 6.07) is 8.42. The molecule has 0 heterocycles. The molecule has 0 aliphatic rings. The quantitative estimate of drug-likeness (QED) is 0.515. The first-order chi connectivity index (χ1) is 12.0. The molecule has 1 aromatic rings. The molecule has 0 amide bonds. The number of anilines is 1. The summed E-state index contributed by atoms with van der Waals surface area (Å²) in [5.41, 5.74) is 1.10. The van der Waals surface area contributed by atoms with Crippen molar-refractivity contribution >= 4 is 11.5 Å². The maximum Gasteiger partial charge on any atom is 0.160 e. The molecular formula is C20H33NO4. The van der Waals surface area contributed by atoms with Crippen molar-refractivity contribution < 1.29 is 19.0 Å². The van der Waals surface area contributed by atoms with Crippen molar-refractivity contribution in [3.05, 3.63) is 24.3 Å². The van der Waals surface area contributed by atoms with E-state index in [1.807, 2.05) is 38.1 Å². The van der Waals surface area contributed by atoms with Gasteiger partial charge in [-0.1, -0.05) is 13.8 Å². The molecular weight excluding hydrogens is 318 g/mol. The SMILES string of the molecule is CC(C)Nc1ccc(OCCCOCCCOCC(=O)C(C)C)cc1. The molecule has 1 N–H and O–H groups in total. The largest absolute Gasteiger partial charge is 0.494 e. The summed E-state index contributed by atoms with van der Waals surface area (Å²) < 4.78 is 16.5. The van der Waals surface area contributed by atoms with Gasteiger partial charge in [-0.15, -0.1) is 0 Å². The van der Waals surface area contributed by atoms with Gasteiger partial charge in [0.15, 0.2) is 5.78 Å². The van der Waals surface area contributed by atoms with Crippen LogP contribution in [0.5, 0.6) is 5.75 Å². The van der Waals surface area contributed by atoms with E-state index in [0.29, 0.717) is 32.5 Å². The molecule has 0 aliphatic heterocycles. The molecule has 0 atom stereocenters. The van der Waals surface area contributed by atoms with Crippen LogP contribution in [0.1, 0.15) is 40.5 Å². The Hall–Kier alpha value is -1.59. The van der Waals surface area contributed by atoms with Crippen molar-refractivity contribution in [1.29, 1.82) is 0 Å². The summed E-state index contributed by atoms with van der Waals surface area (Å²) in [6.07, 6.45) is 1.65. The van der Waals surface area contributed by atoms with Gasteiger partial charge in [-0.3, -0.25) is 4.79 Å². The lowest BCUT2D eigenvalue weighted by Crippen LogP contribution is -2.15. The van der Waals surface area contributed by atoms with Crippen LogP contribution in [0.4, 0.5) is 5.69 Å². The Labute approximate surface area is 152 Å². The van der Waals surface area contributed by atoms with Crippen LogP contribution in [0.2, 0.25) is 0 Å². The molecule has 1 aromatic carbocycles. The van der Waals surface area contributed by atoms with E-state index in [-0.39, 0.29) is 18.3 Å². The molecule has 1 rings (SSSR count). The maximum atomic E-state index is 11.4. The second kappa shape index (κ2) is 12.7. The molecule has 0 saturated heterocycles. The summed E-state index contributed by atoms with van der Waals surface area (Å²) in [5, 5.41) is 3.34. The lowest BCUT2D eigenvalue weighted by Gasteiger charge is -2.11. The normalized spacial score (nSPS) is 11.1. The molecule has 5 heteroatoms. The average molecular weight is 351 g/mol. The van der Waals surface area contributed by atoms with Crippen LogP contribution in [0.25, 0.3) is 0 Å². The van der Waals surface area contributed by atoms with Crippen LogP contribution in [0, 0.1) is 5.92 Å². The Morgan fingerprint density at radius 2 is 1.52 bits per heavy atom. The number of rotatable bonds is 14. The number of Topliss-reactive ketones (excluding diaryl/α,β-unsaturated/α-hetero) is 1.